The van der Waals surface area contributed by atoms with Gasteiger partial charge in [-0.15, -0.1) is 0 Å². The molecule has 21 heavy (non-hydrogen) atoms. The van der Waals surface area contributed by atoms with Gasteiger partial charge in [0, 0.05) is 18.7 Å². The zero-order valence-electron chi connectivity index (χ0n) is 11.2. The van der Waals surface area contributed by atoms with Gasteiger partial charge in [0.2, 0.25) is 5.89 Å². The minimum atomic E-state index is -3.01. The van der Waals surface area contributed by atoms with Crippen LogP contribution in [-0.4, -0.2) is 48.8 Å². The molecule has 1 amide bonds. The number of oxazole rings is 1. The third-order valence-electron chi connectivity index (χ3n) is 3.38. The molecule has 110 valence electrons. The van der Waals surface area contributed by atoms with Crippen molar-refractivity contribution in [2.24, 2.45) is 0 Å². The van der Waals surface area contributed by atoms with Gasteiger partial charge < -0.3 is 9.32 Å². The highest BCUT2D eigenvalue weighted by molar-refractivity contribution is 7.91. The van der Waals surface area contributed by atoms with Crippen LogP contribution in [-0.2, 0) is 9.84 Å². The lowest BCUT2D eigenvalue weighted by Gasteiger charge is -2.25. The first kappa shape index (κ1) is 13.8. The van der Waals surface area contributed by atoms with Crippen molar-refractivity contribution in [1.82, 2.24) is 9.88 Å². The monoisotopic (exact) mass is 306 g/mol. The Hall–Kier alpha value is -2.15. The lowest BCUT2D eigenvalue weighted by Crippen LogP contribution is -2.43. The summed E-state index contributed by atoms with van der Waals surface area (Å²) in [6, 6.07) is 9.28. The van der Waals surface area contributed by atoms with E-state index in [1.165, 1.54) is 11.2 Å². The van der Waals surface area contributed by atoms with E-state index in [1.54, 1.807) is 0 Å². The molecule has 0 spiro atoms. The fraction of sp³-hybridized carbons (Fsp3) is 0.286. The molecular formula is C14H14N2O4S. The van der Waals surface area contributed by atoms with E-state index in [0.717, 1.165) is 5.56 Å². The molecule has 1 aliphatic heterocycles. The van der Waals surface area contributed by atoms with Crippen LogP contribution in [0.2, 0.25) is 0 Å². The molecule has 1 aromatic heterocycles. The number of hydrogen-bond donors (Lipinski definition) is 0. The van der Waals surface area contributed by atoms with E-state index in [1.807, 2.05) is 30.3 Å². The number of amides is 1. The zero-order valence-corrected chi connectivity index (χ0v) is 12.0. The molecule has 0 unspecified atom stereocenters. The van der Waals surface area contributed by atoms with Gasteiger partial charge in [-0.05, 0) is 12.1 Å². The average Bonchev–Trinajstić information content (AvgIpc) is 2.97. The number of nitrogens with zero attached hydrogens (tertiary/aromatic N) is 2. The third-order valence-corrected chi connectivity index (χ3v) is 4.98. The molecule has 1 aromatic carbocycles. The van der Waals surface area contributed by atoms with E-state index >= 15 is 0 Å². The van der Waals surface area contributed by atoms with Crippen molar-refractivity contribution in [3.8, 4) is 11.5 Å². The van der Waals surface area contributed by atoms with Gasteiger partial charge in [0.15, 0.2) is 15.5 Å². The van der Waals surface area contributed by atoms with Gasteiger partial charge >= 0.3 is 0 Å². The molecule has 2 aromatic rings. The molecule has 2 heterocycles. The standard InChI is InChI=1S/C14H14N2O4S/c17-14(16-6-8-21(18,19)9-7-16)12-10-20-13(15-12)11-4-2-1-3-5-11/h1-5,10H,6-9H2. The summed E-state index contributed by atoms with van der Waals surface area (Å²) >= 11 is 0. The van der Waals surface area contributed by atoms with Crippen molar-refractivity contribution in [2.45, 2.75) is 0 Å². The highest BCUT2D eigenvalue weighted by atomic mass is 32.2. The van der Waals surface area contributed by atoms with E-state index in [4.69, 9.17) is 4.42 Å². The number of hydrogen-bond acceptors (Lipinski definition) is 5. The average molecular weight is 306 g/mol. The Bertz CT molecular complexity index is 738. The van der Waals surface area contributed by atoms with E-state index in [-0.39, 0.29) is 36.2 Å². The fourth-order valence-corrected chi connectivity index (χ4v) is 3.36. The maximum Gasteiger partial charge on any atom is 0.275 e. The SMILES string of the molecule is O=C(c1coc(-c2ccccc2)n1)N1CCS(=O)(=O)CC1. The minimum Gasteiger partial charge on any atom is -0.444 e. The summed E-state index contributed by atoms with van der Waals surface area (Å²) in [5.74, 6) is 0.0870. The van der Waals surface area contributed by atoms with Crippen molar-refractivity contribution < 1.29 is 17.6 Å². The lowest BCUT2D eigenvalue weighted by atomic mass is 10.2. The van der Waals surface area contributed by atoms with E-state index in [0.29, 0.717) is 5.89 Å². The molecule has 6 nitrogen and oxygen atoms in total. The van der Waals surface area contributed by atoms with Crippen molar-refractivity contribution in [3.63, 3.8) is 0 Å². The van der Waals surface area contributed by atoms with Gasteiger partial charge in [0.1, 0.15) is 6.26 Å². The van der Waals surface area contributed by atoms with Crippen LogP contribution in [0, 0.1) is 0 Å². The fourth-order valence-electron chi connectivity index (χ4n) is 2.16. The van der Waals surface area contributed by atoms with Gasteiger partial charge in [-0.1, -0.05) is 18.2 Å². The molecule has 1 fully saturated rings. The quantitative estimate of drug-likeness (QED) is 0.833. The van der Waals surface area contributed by atoms with Crippen LogP contribution in [0.25, 0.3) is 11.5 Å². The maximum absolute atomic E-state index is 12.3. The van der Waals surface area contributed by atoms with Crippen LogP contribution in [0.15, 0.2) is 41.0 Å². The first-order valence-corrected chi connectivity index (χ1v) is 8.38. The summed E-state index contributed by atoms with van der Waals surface area (Å²) in [6.45, 7) is 0.406. The smallest absolute Gasteiger partial charge is 0.275 e. The predicted octanol–water partition coefficient (Wildman–Crippen LogP) is 1.21. The highest BCUT2D eigenvalue weighted by Crippen LogP contribution is 2.19. The molecule has 3 rings (SSSR count). The van der Waals surface area contributed by atoms with Gasteiger partial charge in [0.05, 0.1) is 11.5 Å². The third kappa shape index (κ3) is 2.97. The van der Waals surface area contributed by atoms with Gasteiger partial charge in [-0.25, -0.2) is 13.4 Å². The van der Waals surface area contributed by atoms with Crippen LogP contribution in [0.5, 0.6) is 0 Å². The first-order valence-electron chi connectivity index (χ1n) is 6.56. The molecule has 0 atom stereocenters. The van der Waals surface area contributed by atoms with Crippen molar-refractivity contribution >= 4 is 15.7 Å². The van der Waals surface area contributed by atoms with Gasteiger partial charge in [-0.2, -0.15) is 0 Å². The van der Waals surface area contributed by atoms with Gasteiger partial charge in [-0.3, -0.25) is 4.79 Å². The Kier molecular flexibility index (Phi) is 3.50. The number of sulfone groups is 1. The van der Waals surface area contributed by atoms with Crippen molar-refractivity contribution in [3.05, 3.63) is 42.3 Å². The molecule has 1 aliphatic rings. The normalized spacial score (nSPS) is 17.6. The summed E-state index contributed by atoms with van der Waals surface area (Å²) in [7, 11) is -3.01. The van der Waals surface area contributed by atoms with Crippen LogP contribution >= 0.6 is 0 Å². The summed E-state index contributed by atoms with van der Waals surface area (Å²) in [5.41, 5.74) is 0.992. The molecule has 0 radical (unpaired) electrons. The van der Waals surface area contributed by atoms with E-state index in [9.17, 15) is 13.2 Å². The predicted molar refractivity (Wildman–Crippen MR) is 76.5 cm³/mol. The number of benzene rings is 1. The number of carbonyl (C=O) groups excluding carboxylic acids is 1. The molecular weight excluding hydrogens is 292 g/mol. The van der Waals surface area contributed by atoms with Crippen LogP contribution < -0.4 is 0 Å². The Labute approximate surface area is 122 Å². The molecule has 0 N–H and O–H groups in total. The number of aromatic nitrogens is 1. The molecule has 1 saturated heterocycles. The Morgan fingerprint density at radius 1 is 1.14 bits per heavy atom. The zero-order chi connectivity index (χ0) is 14.9. The Balaban J connectivity index is 1.76. The minimum absolute atomic E-state index is 0.00212. The number of rotatable bonds is 2. The summed E-state index contributed by atoms with van der Waals surface area (Å²) in [5, 5.41) is 0. The second kappa shape index (κ2) is 5.33. The summed E-state index contributed by atoms with van der Waals surface area (Å²) in [6.07, 6.45) is 1.31. The van der Waals surface area contributed by atoms with Crippen LogP contribution in [0.1, 0.15) is 10.5 Å². The van der Waals surface area contributed by atoms with Gasteiger partial charge in [0.25, 0.3) is 5.91 Å². The van der Waals surface area contributed by atoms with E-state index < -0.39 is 9.84 Å². The summed E-state index contributed by atoms with van der Waals surface area (Å²) in [4.78, 5) is 17.9. The molecule has 0 aliphatic carbocycles. The second-order valence-corrected chi connectivity index (χ2v) is 7.15. The highest BCUT2D eigenvalue weighted by Gasteiger charge is 2.27. The molecule has 0 bridgehead atoms. The first-order chi connectivity index (χ1) is 10.1. The van der Waals surface area contributed by atoms with Crippen LogP contribution in [0.3, 0.4) is 0 Å². The lowest BCUT2D eigenvalue weighted by molar-refractivity contribution is 0.0764. The second-order valence-electron chi connectivity index (χ2n) is 4.85. The van der Waals surface area contributed by atoms with Crippen molar-refractivity contribution in [2.75, 3.05) is 24.6 Å². The van der Waals surface area contributed by atoms with Crippen molar-refractivity contribution in [1.29, 1.82) is 0 Å². The summed E-state index contributed by atoms with van der Waals surface area (Å²) < 4.78 is 28.1. The Morgan fingerprint density at radius 2 is 1.81 bits per heavy atom. The topological polar surface area (TPSA) is 80.5 Å². The number of carbonyl (C=O) groups is 1. The molecule has 7 heteroatoms. The largest absolute Gasteiger partial charge is 0.444 e. The Morgan fingerprint density at radius 3 is 2.48 bits per heavy atom. The van der Waals surface area contributed by atoms with Crippen LogP contribution in [0.4, 0.5) is 0 Å². The molecule has 0 saturated carbocycles. The van der Waals surface area contributed by atoms with E-state index in [2.05, 4.69) is 4.98 Å². The maximum atomic E-state index is 12.3.